The van der Waals surface area contributed by atoms with Gasteiger partial charge in [-0.05, 0) is 35.7 Å². The summed E-state index contributed by atoms with van der Waals surface area (Å²) in [5.74, 6) is 0. The number of benzene rings is 2. The third-order valence-electron chi connectivity index (χ3n) is 3.80. The van der Waals surface area contributed by atoms with Gasteiger partial charge in [-0.3, -0.25) is 0 Å². The maximum Gasteiger partial charge on any atom is 0.330 e. The average Bonchev–Trinajstić information content (AvgIpc) is 2.52. The van der Waals surface area contributed by atoms with Gasteiger partial charge >= 0.3 is 5.71 Å². The van der Waals surface area contributed by atoms with E-state index < -0.39 is 0 Å². The molecule has 0 bridgehead atoms. The van der Waals surface area contributed by atoms with Crippen molar-refractivity contribution in [3.63, 3.8) is 0 Å². The van der Waals surface area contributed by atoms with Gasteiger partial charge in [-0.1, -0.05) is 18.2 Å². The summed E-state index contributed by atoms with van der Waals surface area (Å²) < 4.78 is 0. The molecule has 1 aromatic heterocycles. The lowest BCUT2D eigenvalue weighted by atomic mass is 9.83. The maximum absolute atomic E-state index is 9.41. The van der Waals surface area contributed by atoms with Gasteiger partial charge in [0, 0.05) is 11.6 Å². The Balaban J connectivity index is 2.10. The van der Waals surface area contributed by atoms with Crippen molar-refractivity contribution in [1.29, 1.82) is 0 Å². The van der Waals surface area contributed by atoms with Gasteiger partial charge in [0.15, 0.2) is 0 Å². The Kier molecular flexibility index (Phi) is 2.25. The van der Waals surface area contributed by atoms with Crippen molar-refractivity contribution < 1.29 is 4.79 Å². The van der Waals surface area contributed by atoms with Gasteiger partial charge in [0.1, 0.15) is 6.33 Å². The minimum atomic E-state index is 0.618. The number of aromatic nitrogens is 2. The molecule has 4 heteroatoms. The van der Waals surface area contributed by atoms with Crippen LogP contribution in [0.2, 0.25) is 0 Å². The fourth-order valence-electron chi connectivity index (χ4n) is 2.87. The molecule has 0 N–H and O–H groups in total. The molecule has 1 aliphatic rings. The van der Waals surface area contributed by atoms with Crippen LogP contribution in [-0.2, 0) is 6.42 Å². The summed E-state index contributed by atoms with van der Waals surface area (Å²) in [5, 5.41) is 1.01. The zero-order valence-corrected chi connectivity index (χ0v) is 10.6. The van der Waals surface area contributed by atoms with Crippen LogP contribution < -0.4 is 0 Å². The smallest absolute Gasteiger partial charge is 0.330 e. The largest absolute Gasteiger partial charge is 0.361 e. The summed E-state index contributed by atoms with van der Waals surface area (Å²) in [7, 11) is 0. The van der Waals surface area contributed by atoms with Crippen LogP contribution in [0.3, 0.4) is 0 Å². The molecule has 0 saturated heterocycles. The molecular weight excluding hydrogens is 248 g/mol. The maximum atomic E-state index is 9.41. The lowest BCUT2D eigenvalue weighted by molar-refractivity contribution is -0.00305. The van der Waals surface area contributed by atoms with E-state index >= 15 is 0 Å². The fourth-order valence-corrected chi connectivity index (χ4v) is 2.87. The predicted molar refractivity (Wildman–Crippen MR) is 75.6 cm³/mol. The molecule has 20 heavy (non-hydrogen) atoms. The fraction of sp³-hybridized carbons (Fsp3) is 0.0625. The lowest BCUT2D eigenvalue weighted by Gasteiger charge is -2.17. The second-order valence-electron chi connectivity index (χ2n) is 4.83. The van der Waals surface area contributed by atoms with Crippen molar-refractivity contribution in [3.05, 3.63) is 76.7 Å². The van der Waals surface area contributed by atoms with Gasteiger partial charge in [0.25, 0.3) is 0 Å². The number of rotatable bonds is 0. The summed E-state index contributed by atoms with van der Waals surface area (Å²) in [5.41, 5.74) is 15.2. The minimum Gasteiger partial charge on any atom is -0.361 e. The first-order valence-electron chi connectivity index (χ1n) is 6.41. The topological polar surface area (TPSA) is 62.2 Å². The van der Waals surface area contributed by atoms with Crippen molar-refractivity contribution in [2.45, 2.75) is 6.42 Å². The Hall–Kier alpha value is -2.84. The summed E-state index contributed by atoms with van der Waals surface area (Å²) >= 11 is 0. The van der Waals surface area contributed by atoms with Crippen molar-refractivity contribution in [2.24, 2.45) is 0 Å². The zero-order valence-electron chi connectivity index (χ0n) is 10.6. The first-order valence-corrected chi connectivity index (χ1v) is 6.41. The summed E-state index contributed by atoms with van der Waals surface area (Å²) in [4.78, 5) is 11.9. The molecular formula is C16H10N4. The van der Waals surface area contributed by atoms with Gasteiger partial charge in [0.2, 0.25) is 0 Å². The predicted octanol–water partition coefficient (Wildman–Crippen LogP) is 2.60. The van der Waals surface area contributed by atoms with Gasteiger partial charge in [0.05, 0.1) is 16.6 Å². The van der Waals surface area contributed by atoms with Crippen molar-refractivity contribution in [2.75, 3.05) is 0 Å². The van der Waals surface area contributed by atoms with Crippen LogP contribution in [0.5, 0.6) is 0 Å². The molecule has 0 amide bonds. The zero-order chi connectivity index (χ0) is 13.5. The third kappa shape index (κ3) is 1.43. The van der Waals surface area contributed by atoms with Crippen LogP contribution in [-0.4, -0.2) is 20.5 Å². The molecule has 4 nitrogen and oxygen atoms in total. The highest BCUT2D eigenvalue weighted by Gasteiger charge is 2.28. The number of hydrogen-bond donors (Lipinski definition) is 0. The van der Waals surface area contributed by atoms with Crippen LogP contribution >= 0.6 is 0 Å². The molecule has 0 aliphatic heterocycles. The third-order valence-corrected chi connectivity index (χ3v) is 3.80. The standard InChI is InChI=1S/C16H10N4/c17-20-16-11-4-2-1-3-10(11)7-13-12(16)5-6-15-14(13)8-18-9-19-15/h1-6,8-9H,7H2. The minimum absolute atomic E-state index is 0.618. The Morgan fingerprint density at radius 2 is 1.95 bits per heavy atom. The molecule has 0 unspecified atom stereocenters. The molecule has 0 atom stereocenters. The van der Waals surface area contributed by atoms with Crippen molar-refractivity contribution >= 4 is 16.6 Å². The van der Waals surface area contributed by atoms with Gasteiger partial charge < -0.3 is 5.53 Å². The number of hydrogen-bond acceptors (Lipinski definition) is 2. The molecule has 0 saturated carbocycles. The normalized spacial score (nSPS) is 12.7. The molecule has 4 rings (SSSR count). The SMILES string of the molecule is [N-]=[N+]=C1c2ccccc2Cc2c1ccc1ncncc21. The number of fused-ring (bicyclic) bond motifs is 4. The first kappa shape index (κ1) is 11.0. The van der Waals surface area contributed by atoms with Crippen LogP contribution in [0.25, 0.3) is 16.4 Å². The van der Waals surface area contributed by atoms with E-state index in [-0.39, 0.29) is 0 Å². The van der Waals surface area contributed by atoms with Crippen LogP contribution in [0.15, 0.2) is 48.9 Å². The van der Waals surface area contributed by atoms with E-state index in [1.165, 1.54) is 0 Å². The van der Waals surface area contributed by atoms with Crippen LogP contribution in [0.1, 0.15) is 22.3 Å². The summed E-state index contributed by atoms with van der Waals surface area (Å²) in [6, 6.07) is 11.9. The van der Waals surface area contributed by atoms with E-state index in [9.17, 15) is 5.53 Å². The molecule has 0 fully saturated rings. The van der Waals surface area contributed by atoms with E-state index in [0.717, 1.165) is 39.6 Å². The molecule has 3 aromatic rings. The Labute approximate surface area is 115 Å². The quantitative estimate of drug-likeness (QED) is 0.359. The van der Waals surface area contributed by atoms with Crippen LogP contribution in [0, 0.1) is 0 Å². The summed E-state index contributed by atoms with van der Waals surface area (Å²) in [6.45, 7) is 0. The second kappa shape index (κ2) is 4.08. The van der Waals surface area contributed by atoms with Crippen molar-refractivity contribution in [3.8, 4) is 0 Å². The van der Waals surface area contributed by atoms with E-state index in [2.05, 4.69) is 20.8 Å². The van der Waals surface area contributed by atoms with Crippen molar-refractivity contribution in [1.82, 2.24) is 9.97 Å². The molecule has 2 aromatic carbocycles. The first-order chi connectivity index (χ1) is 9.88. The van der Waals surface area contributed by atoms with E-state index in [1.807, 2.05) is 36.5 Å². The molecule has 1 aliphatic carbocycles. The van der Waals surface area contributed by atoms with Crippen LogP contribution in [0.4, 0.5) is 0 Å². The molecule has 1 heterocycles. The van der Waals surface area contributed by atoms with E-state index in [0.29, 0.717) is 5.71 Å². The van der Waals surface area contributed by atoms with Gasteiger partial charge in [-0.2, -0.15) is 4.79 Å². The lowest BCUT2D eigenvalue weighted by Crippen LogP contribution is -2.17. The molecule has 0 spiro atoms. The highest BCUT2D eigenvalue weighted by atomic mass is 14.9. The average molecular weight is 258 g/mol. The van der Waals surface area contributed by atoms with E-state index in [4.69, 9.17) is 0 Å². The second-order valence-corrected chi connectivity index (χ2v) is 4.83. The monoisotopic (exact) mass is 258 g/mol. The Morgan fingerprint density at radius 1 is 1.05 bits per heavy atom. The summed E-state index contributed by atoms with van der Waals surface area (Å²) in [6.07, 6.45) is 4.17. The number of nitrogens with zero attached hydrogens (tertiary/aromatic N) is 4. The highest BCUT2D eigenvalue weighted by molar-refractivity contribution is 6.14. The van der Waals surface area contributed by atoms with Gasteiger partial charge in [-0.15, -0.1) is 0 Å². The molecule has 0 radical (unpaired) electrons. The highest BCUT2D eigenvalue weighted by Crippen LogP contribution is 2.31. The Morgan fingerprint density at radius 3 is 2.85 bits per heavy atom. The molecule has 94 valence electrons. The Bertz CT molecular complexity index is 892. The van der Waals surface area contributed by atoms with Gasteiger partial charge in [-0.25, -0.2) is 9.97 Å². The van der Waals surface area contributed by atoms with E-state index in [1.54, 1.807) is 6.33 Å².